The summed E-state index contributed by atoms with van der Waals surface area (Å²) in [6.45, 7) is 7.80. The predicted octanol–water partition coefficient (Wildman–Crippen LogP) is 4.28. The highest BCUT2D eigenvalue weighted by atomic mass is 35.5. The van der Waals surface area contributed by atoms with Crippen molar-refractivity contribution in [3.8, 4) is 5.75 Å². The average Bonchev–Trinajstić information content (AvgIpc) is 2.35. The Morgan fingerprint density at radius 2 is 2.00 bits per heavy atom. The molecule has 2 rings (SSSR count). The molecule has 1 aromatic rings. The van der Waals surface area contributed by atoms with E-state index < -0.39 is 0 Å². The van der Waals surface area contributed by atoms with Gasteiger partial charge in [0.1, 0.15) is 11.9 Å². The molecule has 1 aliphatic rings. The molecule has 0 bridgehead atoms. The number of ether oxygens (including phenoxy) is 1. The summed E-state index contributed by atoms with van der Waals surface area (Å²) in [5.74, 6) is 0.912. The van der Waals surface area contributed by atoms with Gasteiger partial charge in [0.2, 0.25) is 0 Å². The maximum Gasteiger partial charge on any atom is 0.119 e. The van der Waals surface area contributed by atoms with Crippen molar-refractivity contribution in [2.24, 2.45) is 5.41 Å². The fourth-order valence-electron chi connectivity index (χ4n) is 2.83. The lowest BCUT2D eigenvalue weighted by atomic mass is 9.74. The minimum absolute atomic E-state index is 0.241. The van der Waals surface area contributed by atoms with E-state index in [2.05, 4.69) is 26.1 Å². The number of halogens is 1. The molecule has 0 spiro atoms. The minimum Gasteiger partial charge on any atom is -0.489 e. The summed E-state index contributed by atoms with van der Waals surface area (Å²) in [7, 11) is 0. The van der Waals surface area contributed by atoms with Gasteiger partial charge < -0.3 is 10.1 Å². The molecule has 1 N–H and O–H groups in total. The van der Waals surface area contributed by atoms with Gasteiger partial charge in [-0.05, 0) is 55.5 Å². The van der Waals surface area contributed by atoms with Crippen LogP contribution in [0.1, 0.15) is 40.0 Å². The fourth-order valence-corrected chi connectivity index (χ4v) is 2.95. The highest BCUT2D eigenvalue weighted by molar-refractivity contribution is 6.30. The Bertz CT molecular complexity index is 402. The van der Waals surface area contributed by atoms with Gasteiger partial charge in [-0.25, -0.2) is 0 Å². The third-order valence-electron chi connectivity index (χ3n) is 3.90. The molecule has 2 unspecified atom stereocenters. The average molecular weight is 282 g/mol. The first-order valence-corrected chi connectivity index (χ1v) is 7.53. The van der Waals surface area contributed by atoms with Crippen molar-refractivity contribution in [1.82, 2.24) is 5.32 Å². The fraction of sp³-hybridized carbons (Fsp3) is 0.625. The van der Waals surface area contributed by atoms with E-state index >= 15 is 0 Å². The van der Waals surface area contributed by atoms with Gasteiger partial charge in [-0.3, -0.25) is 0 Å². The Kier molecular flexibility index (Phi) is 4.75. The molecule has 3 heteroatoms. The van der Waals surface area contributed by atoms with Gasteiger partial charge in [0.05, 0.1) is 0 Å². The molecule has 1 aromatic carbocycles. The van der Waals surface area contributed by atoms with Gasteiger partial charge in [-0.1, -0.05) is 32.4 Å². The smallest absolute Gasteiger partial charge is 0.119 e. The van der Waals surface area contributed by atoms with E-state index in [0.717, 1.165) is 23.7 Å². The number of hydrogen-bond donors (Lipinski definition) is 1. The van der Waals surface area contributed by atoms with Crippen LogP contribution in [0.4, 0.5) is 0 Å². The van der Waals surface area contributed by atoms with Crippen molar-refractivity contribution in [2.75, 3.05) is 6.54 Å². The van der Waals surface area contributed by atoms with Crippen LogP contribution in [0.5, 0.6) is 5.75 Å². The number of nitrogens with one attached hydrogen (secondary N) is 1. The maximum atomic E-state index is 6.19. The Balaban J connectivity index is 2.06. The second-order valence-corrected chi connectivity index (χ2v) is 6.62. The minimum atomic E-state index is 0.241. The summed E-state index contributed by atoms with van der Waals surface area (Å²) in [6, 6.07) is 8.12. The van der Waals surface area contributed by atoms with Gasteiger partial charge in [0, 0.05) is 11.1 Å². The Labute approximate surface area is 121 Å². The largest absolute Gasteiger partial charge is 0.489 e. The van der Waals surface area contributed by atoms with Gasteiger partial charge >= 0.3 is 0 Å². The first-order valence-electron chi connectivity index (χ1n) is 7.16. The third-order valence-corrected chi connectivity index (χ3v) is 4.15. The number of rotatable bonds is 4. The topological polar surface area (TPSA) is 21.3 Å². The molecule has 0 aromatic heterocycles. The van der Waals surface area contributed by atoms with E-state index in [0.29, 0.717) is 11.5 Å². The molecular formula is C16H24ClNO. The van der Waals surface area contributed by atoms with Crippen LogP contribution in [-0.4, -0.2) is 18.7 Å². The lowest BCUT2D eigenvalue weighted by Crippen LogP contribution is -2.49. The van der Waals surface area contributed by atoms with Crippen molar-refractivity contribution < 1.29 is 4.74 Å². The van der Waals surface area contributed by atoms with Crippen molar-refractivity contribution in [3.63, 3.8) is 0 Å². The van der Waals surface area contributed by atoms with Crippen molar-refractivity contribution >= 4 is 11.6 Å². The highest BCUT2D eigenvalue weighted by Crippen LogP contribution is 2.37. The Hall–Kier alpha value is -0.730. The van der Waals surface area contributed by atoms with Crippen LogP contribution < -0.4 is 10.1 Å². The second kappa shape index (κ2) is 6.15. The molecule has 19 heavy (non-hydrogen) atoms. The number of benzene rings is 1. The van der Waals surface area contributed by atoms with E-state index in [9.17, 15) is 0 Å². The third kappa shape index (κ3) is 4.12. The van der Waals surface area contributed by atoms with E-state index in [1.165, 1.54) is 12.8 Å². The van der Waals surface area contributed by atoms with E-state index in [1.54, 1.807) is 0 Å². The summed E-state index contributed by atoms with van der Waals surface area (Å²) in [5.41, 5.74) is 0.364. The van der Waals surface area contributed by atoms with Gasteiger partial charge in [-0.2, -0.15) is 0 Å². The molecule has 1 saturated carbocycles. The summed E-state index contributed by atoms with van der Waals surface area (Å²) >= 11 is 5.91. The van der Waals surface area contributed by atoms with E-state index in [-0.39, 0.29) is 6.10 Å². The van der Waals surface area contributed by atoms with Crippen LogP contribution in [0, 0.1) is 5.41 Å². The molecular weight excluding hydrogens is 258 g/mol. The zero-order chi connectivity index (χ0) is 13.9. The summed E-state index contributed by atoms with van der Waals surface area (Å²) in [4.78, 5) is 0. The molecule has 1 aliphatic carbocycles. The molecule has 0 aliphatic heterocycles. The van der Waals surface area contributed by atoms with Crippen LogP contribution in [0.15, 0.2) is 24.3 Å². The Morgan fingerprint density at radius 3 is 2.63 bits per heavy atom. The number of hydrogen-bond acceptors (Lipinski definition) is 2. The predicted molar refractivity (Wildman–Crippen MR) is 81.0 cm³/mol. The van der Waals surface area contributed by atoms with Crippen LogP contribution >= 0.6 is 11.6 Å². The van der Waals surface area contributed by atoms with Gasteiger partial charge in [-0.15, -0.1) is 0 Å². The molecule has 106 valence electrons. The zero-order valence-corrected chi connectivity index (χ0v) is 12.8. The van der Waals surface area contributed by atoms with Gasteiger partial charge in [0.15, 0.2) is 0 Å². The van der Waals surface area contributed by atoms with E-state index in [1.807, 2.05) is 24.3 Å². The van der Waals surface area contributed by atoms with Crippen molar-refractivity contribution in [2.45, 2.75) is 52.2 Å². The van der Waals surface area contributed by atoms with Gasteiger partial charge in [0.25, 0.3) is 0 Å². The summed E-state index contributed by atoms with van der Waals surface area (Å²) < 4.78 is 6.19. The maximum absolute atomic E-state index is 6.19. The monoisotopic (exact) mass is 281 g/mol. The molecule has 0 saturated heterocycles. The lowest BCUT2D eigenvalue weighted by molar-refractivity contribution is 0.0537. The SMILES string of the molecule is CCNC1CCC(C)(C)CC1Oc1ccc(Cl)cc1. The molecule has 1 fully saturated rings. The second-order valence-electron chi connectivity index (χ2n) is 6.18. The van der Waals surface area contributed by atoms with Crippen LogP contribution in [-0.2, 0) is 0 Å². The quantitative estimate of drug-likeness (QED) is 0.890. The van der Waals surface area contributed by atoms with Crippen LogP contribution in [0.3, 0.4) is 0 Å². The van der Waals surface area contributed by atoms with Crippen LogP contribution in [0.2, 0.25) is 5.02 Å². The highest BCUT2D eigenvalue weighted by Gasteiger charge is 2.35. The van der Waals surface area contributed by atoms with E-state index in [4.69, 9.17) is 16.3 Å². The summed E-state index contributed by atoms with van der Waals surface area (Å²) in [5, 5.41) is 4.30. The number of likely N-dealkylation sites (N-methyl/N-ethyl adjacent to an activating group) is 1. The first kappa shape index (κ1) is 14.7. The molecule has 2 atom stereocenters. The van der Waals surface area contributed by atoms with Crippen LogP contribution in [0.25, 0.3) is 0 Å². The standard InChI is InChI=1S/C16H24ClNO/c1-4-18-14-9-10-16(2,3)11-15(14)19-13-7-5-12(17)6-8-13/h5-8,14-15,18H,4,9-11H2,1-3H3. The zero-order valence-electron chi connectivity index (χ0n) is 12.1. The Morgan fingerprint density at radius 1 is 1.32 bits per heavy atom. The van der Waals surface area contributed by atoms with Crippen molar-refractivity contribution in [1.29, 1.82) is 0 Å². The molecule has 0 amide bonds. The molecule has 0 heterocycles. The first-order chi connectivity index (χ1) is 9.00. The normalized spacial score (nSPS) is 26.1. The lowest BCUT2D eigenvalue weighted by Gasteiger charge is -2.41. The molecule has 0 radical (unpaired) electrons. The molecule has 2 nitrogen and oxygen atoms in total. The van der Waals surface area contributed by atoms with Crippen molar-refractivity contribution in [3.05, 3.63) is 29.3 Å². The summed E-state index contributed by atoms with van der Waals surface area (Å²) in [6.07, 6.45) is 3.77.